The number of hydrogen-bond donors (Lipinski definition) is 4. The van der Waals surface area contributed by atoms with Crippen LogP contribution in [0, 0.1) is 29.6 Å². The summed E-state index contributed by atoms with van der Waals surface area (Å²) in [5.41, 5.74) is -3.29. The average molecular weight is 1080 g/mol. The lowest BCUT2D eigenvalue weighted by molar-refractivity contribution is -0.278. The summed E-state index contributed by atoms with van der Waals surface area (Å²) in [5.74, 6) is -4.52. The summed E-state index contributed by atoms with van der Waals surface area (Å²) >= 11 is 0. The highest BCUT2D eigenvalue weighted by Gasteiger charge is 2.55. The average Bonchev–Trinajstić information content (AvgIpc) is 3.35. The smallest absolute Gasteiger partial charge is 0.309 e. The summed E-state index contributed by atoms with van der Waals surface area (Å²) < 4.78 is 88.7. The van der Waals surface area contributed by atoms with Gasteiger partial charge >= 0.3 is 5.97 Å². The van der Waals surface area contributed by atoms with E-state index in [0.29, 0.717) is 30.7 Å². The standard InChI is InChI=1S/C53H90FN3O16S/c1-17-41-53(10,62)47(59)34(6)45(56-69-29-65-12)30(2)26-52(9,68-15)49(32(4)44(33(5)50(61)72-41)40-27-51(8,67-14)48(60)35(7)71-40)73-43-25-37(24-31(3)70-43)57(11)23-22-42(58)55-39(28-54)46(66-13)36-18-20-38(21-19-36)74(16,63)64/h18-21,30-35,37,39-41,43-44,46-49,59-60,62H,17,22-29H2,1-16H3,(H,55,58)/b56-45-/t30-,31-,32+,33-,34+,35+,37+,39-,40-,41-,43+,44?,46-,47-,48+,49-,51-,52-,53-/m1/s1. The monoisotopic (exact) mass is 1080 g/mol. The van der Waals surface area contributed by atoms with Gasteiger partial charge in [-0.15, -0.1) is 0 Å². The van der Waals surface area contributed by atoms with Crippen molar-refractivity contribution in [2.45, 2.75) is 197 Å². The number of carbonyl (C=O) groups is 2. The molecule has 3 saturated heterocycles. The molecule has 0 saturated carbocycles. The Balaban J connectivity index is 1.73. The number of ether oxygens (including phenoxy) is 8. The Bertz CT molecular complexity index is 2090. The van der Waals surface area contributed by atoms with E-state index in [1.165, 1.54) is 40.4 Å². The number of cyclic esters (lactones) is 1. The highest BCUT2D eigenvalue weighted by atomic mass is 32.2. The van der Waals surface area contributed by atoms with E-state index >= 15 is 0 Å². The molecule has 19 atom stereocenters. The lowest BCUT2D eigenvalue weighted by Gasteiger charge is -2.52. The van der Waals surface area contributed by atoms with Crippen LogP contribution in [0.25, 0.3) is 0 Å². The molecular formula is C53H90FN3O16S. The fourth-order valence-electron chi connectivity index (χ4n) is 11.7. The lowest BCUT2D eigenvalue weighted by Crippen LogP contribution is -2.61. The maximum atomic E-state index is 14.7. The molecule has 1 aromatic rings. The molecule has 21 heteroatoms. The number of alkyl halides is 1. The zero-order valence-electron chi connectivity index (χ0n) is 46.7. The molecule has 4 rings (SSSR count). The van der Waals surface area contributed by atoms with Crippen molar-refractivity contribution in [1.82, 2.24) is 10.2 Å². The molecule has 426 valence electrons. The minimum Gasteiger partial charge on any atom is -0.459 e. The molecule has 1 amide bonds. The van der Waals surface area contributed by atoms with Crippen LogP contribution in [-0.4, -0.2) is 186 Å². The number of sulfone groups is 1. The van der Waals surface area contributed by atoms with Crippen molar-refractivity contribution < 1.29 is 80.4 Å². The Morgan fingerprint density at radius 2 is 1.58 bits per heavy atom. The molecule has 0 aliphatic carbocycles. The van der Waals surface area contributed by atoms with Crippen LogP contribution < -0.4 is 5.32 Å². The molecule has 1 aromatic carbocycles. The summed E-state index contributed by atoms with van der Waals surface area (Å²) in [4.78, 5) is 36.0. The lowest BCUT2D eigenvalue weighted by atomic mass is 9.67. The van der Waals surface area contributed by atoms with E-state index in [2.05, 4.69) is 15.4 Å². The molecule has 74 heavy (non-hydrogen) atoms. The van der Waals surface area contributed by atoms with E-state index in [1.807, 2.05) is 41.7 Å². The minimum atomic E-state index is -3.46. The van der Waals surface area contributed by atoms with Gasteiger partial charge in [0.15, 0.2) is 16.1 Å². The van der Waals surface area contributed by atoms with Gasteiger partial charge in [-0.3, -0.25) is 9.59 Å². The summed E-state index contributed by atoms with van der Waals surface area (Å²) in [5, 5.41) is 42.8. The van der Waals surface area contributed by atoms with E-state index in [9.17, 15) is 37.7 Å². The van der Waals surface area contributed by atoms with Gasteiger partial charge in [0.1, 0.15) is 30.6 Å². The number of nitrogens with one attached hydrogen (secondary N) is 1. The maximum absolute atomic E-state index is 14.7. The third-order valence-corrected chi connectivity index (χ3v) is 17.4. The Labute approximate surface area is 439 Å². The number of methoxy groups -OCH3 is 4. The van der Waals surface area contributed by atoms with Crippen LogP contribution in [0.3, 0.4) is 0 Å². The van der Waals surface area contributed by atoms with E-state index < -0.39 is 130 Å². The minimum absolute atomic E-state index is 0.0248. The Hall–Kier alpha value is -2.93. The fraction of sp³-hybridized carbons (Fsp3) is 0.830. The summed E-state index contributed by atoms with van der Waals surface area (Å²) in [7, 11) is 4.42. The van der Waals surface area contributed by atoms with Crippen LogP contribution in [0.4, 0.5) is 4.39 Å². The van der Waals surface area contributed by atoms with Gasteiger partial charge in [-0.25, -0.2) is 12.8 Å². The number of hydrogen-bond acceptors (Lipinski definition) is 18. The van der Waals surface area contributed by atoms with Gasteiger partial charge in [0.25, 0.3) is 0 Å². The van der Waals surface area contributed by atoms with E-state index in [0.717, 1.165) is 6.26 Å². The van der Waals surface area contributed by atoms with Crippen molar-refractivity contribution in [3.05, 3.63) is 29.8 Å². The molecule has 3 aliphatic heterocycles. The number of halogens is 1. The zero-order chi connectivity index (χ0) is 55.7. The first kappa shape index (κ1) is 63.6. The highest BCUT2D eigenvalue weighted by molar-refractivity contribution is 7.90. The van der Waals surface area contributed by atoms with Gasteiger partial charge in [0.2, 0.25) is 12.7 Å². The first-order valence-electron chi connectivity index (χ1n) is 26.0. The number of benzene rings is 1. The Kier molecular flexibility index (Phi) is 23.3. The van der Waals surface area contributed by atoms with E-state index in [4.69, 9.17) is 42.7 Å². The molecule has 19 nitrogen and oxygen atoms in total. The summed E-state index contributed by atoms with van der Waals surface area (Å²) in [6, 6.07) is 4.75. The first-order chi connectivity index (χ1) is 34.6. The Morgan fingerprint density at radius 3 is 2.14 bits per heavy atom. The van der Waals surface area contributed by atoms with Crippen molar-refractivity contribution in [2.24, 2.45) is 34.7 Å². The molecule has 3 heterocycles. The predicted molar refractivity (Wildman–Crippen MR) is 274 cm³/mol. The fourth-order valence-corrected chi connectivity index (χ4v) is 12.4. The number of nitrogens with zero attached hydrogens (tertiary/aromatic N) is 2. The number of esters is 1. The number of aliphatic hydroxyl groups excluding tert-OH is 2. The van der Waals surface area contributed by atoms with Crippen molar-refractivity contribution >= 4 is 27.4 Å². The van der Waals surface area contributed by atoms with Gasteiger partial charge in [0.05, 0.1) is 64.3 Å². The quantitative estimate of drug-likeness (QED) is 0.0606. The number of rotatable bonds is 19. The van der Waals surface area contributed by atoms with Gasteiger partial charge < -0.3 is 68.3 Å². The van der Waals surface area contributed by atoms with Crippen LogP contribution in [0.2, 0.25) is 0 Å². The van der Waals surface area contributed by atoms with Gasteiger partial charge in [0, 0.05) is 84.3 Å². The third kappa shape index (κ3) is 15.2. The maximum Gasteiger partial charge on any atom is 0.309 e. The van der Waals surface area contributed by atoms with Crippen molar-refractivity contribution in [1.29, 1.82) is 0 Å². The molecule has 0 aromatic heterocycles. The highest BCUT2D eigenvalue weighted by Crippen LogP contribution is 2.46. The second-order valence-corrected chi connectivity index (χ2v) is 23.9. The van der Waals surface area contributed by atoms with Crippen LogP contribution in [0.1, 0.15) is 119 Å². The second-order valence-electron chi connectivity index (χ2n) is 21.9. The van der Waals surface area contributed by atoms with Crippen LogP contribution in [0.15, 0.2) is 34.3 Å². The van der Waals surface area contributed by atoms with Gasteiger partial charge in [-0.2, -0.15) is 0 Å². The molecule has 3 fully saturated rings. The predicted octanol–water partition coefficient (Wildman–Crippen LogP) is 5.16. The molecule has 0 bridgehead atoms. The summed E-state index contributed by atoms with van der Waals surface area (Å²) in [6.07, 6.45) is -5.20. The topological polar surface area (TPSA) is 240 Å². The molecule has 4 N–H and O–H groups in total. The van der Waals surface area contributed by atoms with Gasteiger partial charge in [-0.05, 0) is 84.5 Å². The zero-order valence-corrected chi connectivity index (χ0v) is 47.6. The van der Waals surface area contributed by atoms with Crippen LogP contribution in [0.5, 0.6) is 0 Å². The molecule has 1 unspecified atom stereocenters. The van der Waals surface area contributed by atoms with E-state index in [-0.39, 0.29) is 49.5 Å². The van der Waals surface area contributed by atoms with E-state index in [1.54, 1.807) is 46.9 Å². The Morgan fingerprint density at radius 1 is 0.946 bits per heavy atom. The van der Waals surface area contributed by atoms with Crippen LogP contribution in [-0.2, 0) is 62.2 Å². The van der Waals surface area contributed by atoms with Crippen molar-refractivity contribution in [3.8, 4) is 0 Å². The van der Waals surface area contributed by atoms with Gasteiger partial charge in [-0.1, -0.05) is 51.9 Å². The second kappa shape index (κ2) is 27.1. The molecule has 3 aliphatic rings. The molecular weight excluding hydrogens is 986 g/mol. The number of carbonyl (C=O) groups excluding carboxylic acids is 2. The number of amides is 1. The number of aliphatic hydroxyl groups is 3. The van der Waals surface area contributed by atoms with Crippen molar-refractivity contribution in [2.75, 3.05) is 61.8 Å². The molecule has 0 radical (unpaired) electrons. The first-order valence-corrected chi connectivity index (χ1v) is 27.9. The largest absolute Gasteiger partial charge is 0.459 e. The SMILES string of the molecule is CC[C@H]1OC(=O)[C@H](C)C([C@H]2C[C@@](C)(OC)[C@@H](O)[C@H](C)O2)[C@H](C)[C@@H](O[C@H]2C[C@@H](N(C)CCC(=O)N[C@H](CF)[C@H](OC)c3ccc(S(C)(=O)=O)cc3)C[C@@H](C)O2)[C@](C)(OC)C[C@@H](C)/C(=N/OCOC)[C@H](C)[C@@H](O)[C@]1(C)O. The molecule has 0 spiro atoms. The summed E-state index contributed by atoms with van der Waals surface area (Å²) in [6.45, 7) is 17.2. The van der Waals surface area contributed by atoms with Crippen LogP contribution >= 0.6 is 0 Å². The third-order valence-electron chi connectivity index (χ3n) is 16.3. The normalized spacial score (nSPS) is 38.4. The van der Waals surface area contributed by atoms with Crippen molar-refractivity contribution in [3.63, 3.8) is 0 Å². The number of oxime groups is 1.